The van der Waals surface area contributed by atoms with Gasteiger partial charge in [0, 0.05) is 13.1 Å². The molecule has 0 radical (unpaired) electrons. The van der Waals surface area contributed by atoms with Gasteiger partial charge in [-0.25, -0.2) is 0 Å². The Morgan fingerprint density at radius 1 is 0.675 bits per heavy atom. The number of halogens is 9. The molecule has 0 spiro atoms. The first kappa shape index (κ1) is 28.9. The molecule has 4 rings (SSSR count). The average Bonchev–Trinajstić information content (AvgIpc) is 3.39. The van der Waals surface area contributed by atoms with Crippen LogP contribution < -0.4 is 4.90 Å². The fraction of sp³-hybridized carbons (Fsp3) is 0.269. The van der Waals surface area contributed by atoms with E-state index in [2.05, 4.69) is 20.6 Å². The van der Waals surface area contributed by atoms with E-state index in [1.54, 1.807) is 18.2 Å². The number of rotatable bonds is 6. The van der Waals surface area contributed by atoms with E-state index in [9.17, 15) is 39.5 Å². The maximum atomic E-state index is 13.6. The molecular weight excluding hydrogens is 553 g/mol. The standard InChI is InChI=1S/C26H20F9N5/c1-14-3-4-17(7-15(14)2)22-6-5-19(24(27,28)29)10-18(22)13-40(23-36-38-39-37-23)12-16-8-20(25(30,31)32)11-21(9-16)26(33,34)35/h3-11H,12-13H2,1-2H3,(H,36,37,38,39). The van der Waals surface area contributed by atoms with Crippen molar-refractivity contribution >= 4 is 5.95 Å². The second-order valence-electron chi connectivity index (χ2n) is 9.15. The maximum absolute atomic E-state index is 13.6. The lowest BCUT2D eigenvalue weighted by Gasteiger charge is -2.24. The third-order valence-corrected chi connectivity index (χ3v) is 6.25. The molecule has 0 unspecified atom stereocenters. The van der Waals surface area contributed by atoms with Gasteiger partial charge < -0.3 is 4.90 Å². The highest BCUT2D eigenvalue weighted by molar-refractivity contribution is 5.69. The quantitative estimate of drug-likeness (QED) is 0.240. The van der Waals surface area contributed by atoms with E-state index in [1.165, 1.54) is 6.07 Å². The number of hydrogen-bond donors (Lipinski definition) is 1. The molecule has 3 aromatic carbocycles. The molecule has 0 aliphatic rings. The highest BCUT2D eigenvalue weighted by atomic mass is 19.4. The van der Waals surface area contributed by atoms with Gasteiger partial charge >= 0.3 is 18.5 Å². The average molecular weight is 573 g/mol. The minimum atomic E-state index is -5.08. The molecule has 1 aromatic heterocycles. The van der Waals surface area contributed by atoms with E-state index >= 15 is 0 Å². The topological polar surface area (TPSA) is 57.7 Å². The lowest BCUT2D eigenvalue weighted by Crippen LogP contribution is -2.25. The SMILES string of the molecule is Cc1ccc(-c2ccc(C(F)(F)F)cc2CN(Cc2cc(C(F)(F)F)cc(C(F)(F)F)c2)c2nn[nH]n2)cc1C. The fourth-order valence-corrected chi connectivity index (χ4v) is 4.12. The van der Waals surface area contributed by atoms with E-state index in [-0.39, 0.29) is 17.6 Å². The molecule has 0 atom stereocenters. The molecule has 4 aromatic rings. The second kappa shape index (κ2) is 10.5. The molecule has 0 bridgehead atoms. The molecule has 0 amide bonds. The first-order chi connectivity index (χ1) is 18.5. The number of tetrazole rings is 1. The van der Waals surface area contributed by atoms with Gasteiger partial charge in [0.15, 0.2) is 0 Å². The number of alkyl halides is 9. The molecule has 0 aliphatic carbocycles. The van der Waals surface area contributed by atoms with Crippen molar-refractivity contribution in [3.05, 3.63) is 93.5 Å². The zero-order chi connectivity index (χ0) is 29.5. The van der Waals surface area contributed by atoms with Crippen LogP contribution in [0.25, 0.3) is 11.1 Å². The third-order valence-electron chi connectivity index (χ3n) is 6.25. The van der Waals surface area contributed by atoms with E-state index in [0.717, 1.165) is 28.2 Å². The number of nitrogens with one attached hydrogen (secondary N) is 1. The predicted molar refractivity (Wildman–Crippen MR) is 127 cm³/mol. The summed E-state index contributed by atoms with van der Waals surface area (Å²) in [6.07, 6.45) is -14.9. The number of nitrogens with zero attached hydrogens (tertiary/aromatic N) is 4. The Hall–Kier alpha value is -4.10. The Balaban J connectivity index is 1.83. The Morgan fingerprint density at radius 2 is 1.30 bits per heavy atom. The van der Waals surface area contributed by atoms with E-state index in [0.29, 0.717) is 23.3 Å². The number of aryl methyl sites for hydroxylation is 2. The number of anilines is 1. The monoisotopic (exact) mass is 573 g/mol. The van der Waals surface area contributed by atoms with Crippen molar-refractivity contribution in [2.24, 2.45) is 0 Å². The molecule has 0 saturated heterocycles. The first-order valence-corrected chi connectivity index (χ1v) is 11.6. The molecule has 1 N–H and O–H groups in total. The van der Waals surface area contributed by atoms with Gasteiger partial charge in [-0.15, -0.1) is 5.10 Å². The third kappa shape index (κ3) is 6.54. The van der Waals surface area contributed by atoms with E-state index in [4.69, 9.17) is 0 Å². The van der Waals surface area contributed by atoms with Crippen molar-refractivity contribution < 1.29 is 39.5 Å². The second-order valence-corrected chi connectivity index (χ2v) is 9.15. The van der Waals surface area contributed by atoms with E-state index in [1.807, 2.05) is 13.8 Å². The van der Waals surface area contributed by atoms with Crippen LogP contribution >= 0.6 is 0 Å². The molecule has 0 aliphatic heterocycles. The van der Waals surface area contributed by atoms with Gasteiger partial charge in [-0.2, -0.15) is 44.7 Å². The largest absolute Gasteiger partial charge is 0.416 e. The Bertz CT molecular complexity index is 1460. The highest BCUT2D eigenvalue weighted by Crippen LogP contribution is 2.38. The Morgan fingerprint density at radius 3 is 1.82 bits per heavy atom. The van der Waals surface area contributed by atoms with Crippen LogP contribution in [-0.2, 0) is 31.6 Å². The minimum absolute atomic E-state index is 0.00712. The van der Waals surface area contributed by atoms with Crippen molar-refractivity contribution in [3.8, 4) is 11.1 Å². The summed E-state index contributed by atoms with van der Waals surface area (Å²) in [6, 6.07) is 9.37. The summed E-state index contributed by atoms with van der Waals surface area (Å²) in [7, 11) is 0. The zero-order valence-corrected chi connectivity index (χ0v) is 20.8. The molecule has 1 heterocycles. The lowest BCUT2D eigenvalue weighted by molar-refractivity contribution is -0.143. The van der Waals surface area contributed by atoms with Crippen LogP contribution in [0.5, 0.6) is 0 Å². The summed E-state index contributed by atoms with van der Waals surface area (Å²) >= 11 is 0. The minimum Gasteiger partial charge on any atom is -0.330 e. The molecule has 0 fully saturated rings. The van der Waals surface area contributed by atoms with Crippen molar-refractivity contribution in [3.63, 3.8) is 0 Å². The summed E-state index contributed by atoms with van der Waals surface area (Å²) in [5.41, 5.74) is -1.61. The fourth-order valence-electron chi connectivity index (χ4n) is 4.12. The molecule has 14 heteroatoms. The number of hydrogen-bond acceptors (Lipinski definition) is 4. The summed E-state index contributed by atoms with van der Waals surface area (Å²) < 4.78 is 121. The van der Waals surface area contributed by atoms with Crippen LogP contribution in [0.4, 0.5) is 45.5 Å². The van der Waals surface area contributed by atoms with Crippen LogP contribution in [0.3, 0.4) is 0 Å². The van der Waals surface area contributed by atoms with Gasteiger partial charge in [0.25, 0.3) is 5.95 Å². The van der Waals surface area contributed by atoms with Gasteiger partial charge in [0.2, 0.25) is 0 Å². The number of aromatic amines is 1. The van der Waals surface area contributed by atoms with Crippen LogP contribution in [0.2, 0.25) is 0 Å². The van der Waals surface area contributed by atoms with Crippen LogP contribution in [0.1, 0.15) is 38.9 Å². The summed E-state index contributed by atoms with van der Waals surface area (Å²) in [5.74, 6) is -0.241. The van der Waals surface area contributed by atoms with Crippen molar-refractivity contribution in [2.45, 2.75) is 45.5 Å². The highest BCUT2D eigenvalue weighted by Gasteiger charge is 2.37. The van der Waals surface area contributed by atoms with Gasteiger partial charge in [0.05, 0.1) is 16.7 Å². The number of H-pyrrole nitrogens is 1. The van der Waals surface area contributed by atoms with Gasteiger partial charge in [-0.1, -0.05) is 29.4 Å². The smallest absolute Gasteiger partial charge is 0.330 e. The molecule has 0 saturated carbocycles. The first-order valence-electron chi connectivity index (χ1n) is 11.6. The molecular formula is C26H20F9N5. The van der Waals surface area contributed by atoms with Gasteiger partial charge in [0.1, 0.15) is 0 Å². The maximum Gasteiger partial charge on any atom is 0.416 e. The summed E-state index contributed by atoms with van der Waals surface area (Å²) in [4.78, 5) is 1.14. The van der Waals surface area contributed by atoms with Crippen molar-refractivity contribution in [1.29, 1.82) is 0 Å². The van der Waals surface area contributed by atoms with Crippen LogP contribution in [0, 0.1) is 13.8 Å². The molecule has 5 nitrogen and oxygen atoms in total. The summed E-state index contributed by atoms with van der Waals surface area (Å²) in [5, 5.41) is 13.0. The molecule has 40 heavy (non-hydrogen) atoms. The number of aromatic nitrogens is 4. The Kier molecular flexibility index (Phi) is 7.56. The van der Waals surface area contributed by atoms with E-state index < -0.39 is 53.9 Å². The Labute approximate surface area is 221 Å². The van der Waals surface area contributed by atoms with Crippen molar-refractivity contribution in [2.75, 3.05) is 4.90 Å². The number of benzene rings is 3. The van der Waals surface area contributed by atoms with Gasteiger partial charge in [-0.05, 0) is 82.8 Å². The van der Waals surface area contributed by atoms with Gasteiger partial charge in [-0.3, -0.25) is 0 Å². The van der Waals surface area contributed by atoms with Crippen LogP contribution in [-0.4, -0.2) is 20.6 Å². The molecule has 212 valence electrons. The predicted octanol–water partition coefficient (Wildman–Crippen LogP) is 7.75. The lowest BCUT2D eigenvalue weighted by atomic mass is 9.94. The van der Waals surface area contributed by atoms with Crippen molar-refractivity contribution in [1.82, 2.24) is 20.6 Å². The normalized spacial score (nSPS) is 12.6. The zero-order valence-electron chi connectivity index (χ0n) is 20.8. The summed E-state index contributed by atoms with van der Waals surface area (Å²) in [6.45, 7) is 2.67. The van der Waals surface area contributed by atoms with Crippen LogP contribution in [0.15, 0.2) is 54.6 Å².